The maximum Gasteiger partial charge on any atom is 0.102 e. The Morgan fingerprint density at radius 2 is 2.29 bits per heavy atom. The molecule has 14 heavy (non-hydrogen) atoms. The fraction of sp³-hybridized carbons (Fsp3) is 0.636. The van der Waals surface area contributed by atoms with Crippen LogP contribution in [-0.2, 0) is 5.60 Å². The molecule has 1 aromatic heterocycles. The Kier molecular flexibility index (Phi) is 4.11. The minimum absolute atomic E-state index is 0.245. The van der Waals surface area contributed by atoms with E-state index in [-0.39, 0.29) is 5.92 Å². The smallest absolute Gasteiger partial charge is 0.102 e. The van der Waals surface area contributed by atoms with E-state index in [4.69, 9.17) is 0 Å². The topological polar surface area (TPSA) is 32.3 Å². The molecule has 80 valence electrons. The van der Waals surface area contributed by atoms with Gasteiger partial charge in [0.1, 0.15) is 5.60 Å². The lowest BCUT2D eigenvalue weighted by atomic mass is 9.85. The molecule has 0 aliphatic carbocycles. The van der Waals surface area contributed by atoms with Crippen molar-refractivity contribution >= 4 is 11.3 Å². The summed E-state index contributed by atoms with van der Waals surface area (Å²) in [6.45, 7) is 4.97. The van der Waals surface area contributed by atoms with Gasteiger partial charge in [-0.2, -0.15) is 0 Å². The molecule has 0 bridgehead atoms. The molecule has 2 nitrogen and oxygen atoms in total. The van der Waals surface area contributed by atoms with Gasteiger partial charge in [0, 0.05) is 4.88 Å². The Bertz CT molecular complexity index is 258. The molecule has 2 N–H and O–H groups in total. The molecular formula is C11H19NOS. The zero-order valence-electron chi connectivity index (χ0n) is 9.08. The van der Waals surface area contributed by atoms with E-state index in [0.717, 1.165) is 17.8 Å². The Morgan fingerprint density at radius 1 is 1.57 bits per heavy atom. The summed E-state index contributed by atoms with van der Waals surface area (Å²) in [6, 6.07) is 4.01. The highest BCUT2D eigenvalue weighted by atomic mass is 32.1. The highest BCUT2D eigenvalue weighted by Crippen LogP contribution is 2.35. The normalized spacial score (nSPS) is 15.8. The molecule has 0 amide bonds. The first-order chi connectivity index (χ1) is 6.61. The largest absolute Gasteiger partial charge is 0.384 e. The van der Waals surface area contributed by atoms with Gasteiger partial charge in [-0.1, -0.05) is 19.9 Å². The summed E-state index contributed by atoms with van der Waals surface area (Å²) in [4.78, 5) is 1.07. The van der Waals surface area contributed by atoms with E-state index in [1.54, 1.807) is 11.3 Å². The summed E-state index contributed by atoms with van der Waals surface area (Å²) < 4.78 is 0. The summed E-state index contributed by atoms with van der Waals surface area (Å²) >= 11 is 1.63. The van der Waals surface area contributed by atoms with Crippen molar-refractivity contribution in [2.45, 2.75) is 25.9 Å². The van der Waals surface area contributed by atoms with Crippen molar-refractivity contribution in [2.24, 2.45) is 5.92 Å². The molecule has 0 aliphatic heterocycles. The van der Waals surface area contributed by atoms with Crippen molar-refractivity contribution in [1.29, 1.82) is 0 Å². The van der Waals surface area contributed by atoms with Gasteiger partial charge in [0.15, 0.2) is 0 Å². The van der Waals surface area contributed by atoms with Gasteiger partial charge in [0.25, 0.3) is 0 Å². The van der Waals surface area contributed by atoms with Crippen LogP contribution < -0.4 is 5.32 Å². The second-order valence-corrected chi connectivity index (χ2v) is 4.86. The first-order valence-electron chi connectivity index (χ1n) is 5.02. The summed E-state index contributed by atoms with van der Waals surface area (Å²) in [5.74, 6) is 0.245. The number of hydrogen-bond donors (Lipinski definition) is 2. The molecule has 1 unspecified atom stereocenters. The second-order valence-electron chi connectivity index (χ2n) is 3.91. The summed E-state index contributed by atoms with van der Waals surface area (Å²) in [5.41, 5.74) is -0.669. The molecule has 0 spiro atoms. The van der Waals surface area contributed by atoms with E-state index in [0.29, 0.717) is 0 Å². The fourth-order valence-corrected chi connectivity index (χ4v) is 2.54. The van der Waals surface area contributed by atoms with Crippen molar-refractivity contribution in [3.05, 3.63) is 22.4 Å². The van der Waals surface area contributed by atoms with Crippen LogP contribution in [0.1, 0.15) is 25.1 Å². The molecule has 0 fully saturated rings. The van der Waals surface area contributed by atoms with Crippen LogP contribution in [0.4, 0.5) is 0 Å². The monoisotopic (exact) mass is 213 g/mol. The van der Waals surface area contributed by atoms with Gasteiger partial charge in [0.05, 0.1) is 0 Å². The minimum Gasteiger partial charge on any atom is -0.384 e. The molecule has 1 aromatic rings. The van der Waals surface area contributed by atoms with E-state index in [9.17, 15) is 5.11 Å². The SMILES string of the molecule is CNCCC(O)(c1cccs1)C(C)C. The lowest BCUT2D eigenvalue weighted by molar-refractivity contribution is -0.0141. The average Bonchev–Trinajstić information content (AvgIpc) is 2.66. The third-order valence-corrected chi connectivity index (χ3v) is 3.70. The summed E-state index contributed by atoms with van der Waals surface area (Å²) in [7, 11) is 1.91. The zero-order chi connectivity index (χ0) is 10.6. The van der Waals surface area contributed by atoms with Crippen LogP contribution in [0.2, 0.25) is 0 Å². The van der Waals surface area contributed by atoms with E-state index in [1.165, 1.54) is 0 Å². The molecule has 0 saturated heterocycles. The maximum atomic E-state index is 10.6. The molecule has 1 rings (SSSR count). The van der Waals surface area contributed by atoms with Crippen LogP contribution in [0.5, 0.6) is 0 Å². The van der Waals surface area contributed by atoms with Crippen molar-refractivity contribution in [3.8, 4) is 0 Å². The molecule has 0 aromatic carbocycles. The van der Waals surface area contributed by atoms with Gasteiger partial charge in [0.2, 0.25) is 0 Å². The van der Waals surface area contributed by atoms with Crippen molar-refractivity contribution in [2.75, 3.05) is 13.6 Å². The lowest BCUT2D eigenvalue weighted by Gasteiger charge is -2.31. The van der Waals surface area contributed by atoms with Crippen molar-refractivity contribution < 1.29 is 5.11 Å². The number of hydrogen-bond acceptors (Lipinski definition) is 3. The highest BCUT2D eigenvalue weighted by Gasteiger charge is 2.33. The quantitative estimate of drug-likeness (QED) is 0.786. The van der Waals surface area contributed by atoms with Gasteiger partial charge < -0.3 is 10.4 Å². The predicted octanol–water partition coefficient (Wildman–Crippen LogP) is 2.20. The first kappa shape index (κ1) is 11.7. The molecule has 0 saturated carbocycles. The van der Waals surface area contributed by atoms with E-state index in [2.05, 4.69) is 19.2 Å². The number of nitrogens with one attached hydrogen (secondary N) is 1. The molecule has 1 heterocycles. The van der Waals surface area contributed by atoms with E-state index < -0.39 is 5.60 Å². The standard InChI is InChI=1S/C11H19NOS/c1-9(2)11(13,6-7-12-3)10-5-4-8-14-10/h4-5,8-9,12-13H,6-7H2,1-3H3. The second kappa shape index (κ2) is 4.91. The van der Waals surface area contributed by atoms with Crippen LogP contribution in [-0.4, -0.2) is 18.7 Å². The van der Waals surface area contributed by atoms with Crippen LogP contribution in [0.25, 0.3) is 0 Å². The van der Waals surface area contributed by atoms with Crippen LogP contribution in [0.3, 0.4) is 0 Å². The zero-order valence-corrected chi connectivity index (χ0v) is 9.90. The Labute approximate surface area is 90.0 Å². The first-order valence-corrected chi connectivity index (χ1v) is 5.90. The summed E-state index contributed by atoms with van der Waals surface area (Å²) in [6.07, 6.45) is 0.766. The number of rotatable bonds is 5. The van der Waals surface area contributed by atoms with Crippen molar-refractivity contribution in [1.82, 2.24) is 5.32 Å². The van der Waals surface area contributed by atoms with E-state index in [1.807, 2.05) is 24.6 Å². The highest BCUT2D eigenvalue weighted by molar-refractivity contribution is 7.10. The van der Waals surface area contributed by atoms with E-state index >= 15 is 0 Å². The molecular weight excluding hydrogens is 194 g/mol. The molecule has 0 aliphatic rings. The van der Waals surface area contributed by atoms with Gasteiger partial charge >= 0.3 is 0 Å². The number of thiophene rings is 1. The maximum absolute atomic E-state index is 10.6. The van der Waals surface area contributed by atoms with Gasteiger partial charge in [-0.05, 0) is 37.4 Å². The average molecular weight is 213 g/mol. The van der Waals surface area contributed by atoms with Crippen LogP contribution >= 0.6 is 11.3 Å². The van der Waals surface area contributed by atoms with Gasteiger partial charge in [-0.25, -0.2) is 0 Å². The molecule has 3 heteroatoms. The third kappa shape index (κ3) is 2.35. The van der Waals surface area contributed by atoms with Crippen molar-refractivity contribution in [3.63, 3.8) is 0 Å². The molecule has 0 radical (unpaired) electrons. The summed E-state index contributed by atoms with van der Waals surface area (Å²) in [5, 5.41) is 15.7. The Morgan fingerprint density at radius 3 is 2.71 bits per heavy atom. The van der Waals surface area contributed by atoms with Crippen LogP contribution in [0.15, 0.2) is 17.5 Å². The van der Waals surface area contributed by atoms with Gasteiger partial charge in [-0.15, -0.1) is 11.3 Å². The minimum atomic E-state index is -0.669. The third-order valence-electron chi connectivity index (χ3n) is 2.66. The van der Waals surface area contributed by atoms with Gasteiger partial charge in [-0.3, -0.25) is 0 Å². The predicted molar refractivity (Wildman–Crippen MR) is 61.6 cm³/mol. The lowest BCUT2D eigenvalue weighted by Crippen LogP contribution is -2.34. The Balaban J connectivity index is 2.82. The Hall–Kier alpha value is -0.380. The fourth-order valence-electron chi connectivity index (χ4n) is 1.54. The number of aliphatic hydroxyl groups is 1. The van der Waals surface area contributed by atoms with Crippen LogP contribution in [0, 0.1) is 5.92 Å². The molecule has 1 atom stereocenters.